The lowest BCUT2D eigenvalue weighted by Gasteiger charge is -2.41. The normalized spacial score (nSPS) is 14.9. The van der Waals surface area contributed by atoms with Gasteiger partial charge in [0.05, 0.1) is 5.52 Å². The van der Waals surface area contributed by atoms with Crippen LogP contribution in [0.1, 0.15) is 78.0 Å². The Balaban J connectivity index is 1.02. The van der Waals surface area contributed by atoms with Crippen LogP contribution in [0.15, 0.2) is 179 Å². The smallest absolute Gasteiger partial charge is 0.198 e. The van der Waals surface area contributed by atoms with Crippen molar-refractivity contribution in [3.8, 4) is 39.3 Å². The highest BCUT2D eigenvalue weighted by molar-refractivity contribution is 7.25. The monoisotopic (exact) mass is 974 g/mol. The minimum atomic E-state index is 0.0535. The number of anilines is 2. The molecule has 5 heterocycles. The van der Waals surface area contributed by atoms with Crippen LogP contribution < -0.4 is 16.2 Å². The largest absolute Gasteiger partial charge is 0.456 e. The molecule has 6 heteroatoms. The molecule has 0 amide bonds. The second-order valence-corrected chi connectivity index (χ2v) is 24.7. The summed E-state index contributed by atoms with van der Waals surface area (Å²) in [6.45, 7) is 16.6. The fourth-order valence-electron chi connectivity index (χ4n) is 12.9. The summed E-state index contributed by atoms with van der Waals surface area (Å²) in [7, 11) is 0.730. The number of nitrogens with one attached hydrogen (secondary N) is 1. The van der Waals surface area contributed by atoms with Crippen LogP contribution in [-0.2, 0) is 16.2 Å². The fraction of sp³-hybridized carbons (Fsp3) is 0.176. The van der Waals surface area contributed by atoms with Gasteiger partial charge in [0.2, 0.25) is 0 Å². The molecule has 9 aromatic carbocycles. The average molecular weight is 975 g/mol. The van der Waals surface area contributed by atoms with Crippen LogP contribution in [-0.4, -0.2) is 11.8 Å². The van der Waals surface area contributed by atoms with Crippen molar-refractivity contribution in [2.75, 3.05) is 5.32 Å². The minimum absolute atomic E-state index is 0.0535. The molecule has 358 valence electrons. The van der Waals surface area contributed by atoms with Crippen molar-refractivity contribution in [3.05, 3.63) is 187 Å². The van der Waals surface area contributed by atoms with E-state index in [2.05, 4.69) is 228 Å². The van der Waals surface area contributed by atoms with Gasteiger partial charge in [-0.3, -0.25) is 0 Å². The molecule has 0 atom stereocenters. The maximum atomic E-state index is 7.07. The first-order chi connectivity index (χ1) is 35.8. The van der Waals surface area contributed by atoms with Crippen LogP contribution in [0, 0.1) is 0 Å². The van der Waals surface area contributed by atoms with E-state index in [9.17, 15) is 0 Å². The summed E-state index contributed by atoms with van der Waals surface area (Å²) in [4.78, 5) is 0. The molecule has 0 saturated heterocycles. The molecule has 13 aromatic rings. The number of rotatable bonds is 5. The zero-order chi connectivity index (χ0) is 50.0. The summed E-state index contributed by atoms with van der Waals surface area (Å²) in [5, 5.41) is 12.5. The summed E-state index contributed by atoms with van der Waals surface area (Å²) in [5.41, 5.74) is 21.2. The first-order valence-electron chi connectivity index (χ1n) is 26.3. The zero-order valence-corrected chi connectivity index (χ0v) is 43.8. The molecule has 0 saturated carbocycles. The van der Waals surface area contributed by atoms with E-state index in [1.165, 1.54) is 93.7 Å². The maximum Gasteiger partial charge on any atom is 0.198 e. The highest BCUT2D eigenvalue weighted by Gasteiger charge is 2.38. The van der Waals surface area contributed by atoms with Gasteiger partial charge < -0.3 is 18.7 Å². The highest BCUT2D eigenvalue weighted by atomic mass is 32.1. The Morgan fingerprint density at radius 3 is 1.97 bits per heavy atom. The Bertz CT molecular complexity index is 4500. The van der Waals surface area contributed by atoms with E-state index in [0.29, 0.717) is 0 Å². The number of para-hydroxylation sites is 1. The van der Waals surface area contributed by atoms with Gasteiger partial charge in [-0.15, -0.1) is 11.3 Å². The summed E-state index contributed by atoms with van der Waals surface area (Å²) < 4.78 is 18.9. The third-order valence-electron chi connectivity index (χ3n) is 17.0. The molecule has 1 aliphatic heterocycles. The van der Waals surface area contributed by atoms with Crippen LogP contribution in [0.5, 0.6) is 0 Å². The van der Waals surface area contributed by atoms with E-state index in [1.807, 2.05) is 11.3 Å². The summed E-state index contributed by atoms with van der Waals surface area (Å²) in [6.07, 6.45) is 2.37. The lowest BCUT2D eigenvalue weighted by atomic mass is 9.59. The number of furan rings is 2. The van der Waals surface area contributed by atoms with Crippen LogP contribution in [0.4, 0.5) is 11.4 Å². The molecular weight excluding hydrogens is 920 g/mol. The third-order valence-corrected chi connectivity index (χ3v) is 18.1. The lowest BCUT2D eigenvalue weighted by molar-refractivity contribution is 0.332. The predicted molar refractivity (Wildman–Crippen MR) is 317 cm³/mol. The number of aromatic nitrogens is 1. The van der Waals surface area contributed by atoms with Crippen LogP contribution in [0.2, 0.25) is 0 Å². The topological polar surface area (TPSA) is 43.2 Å². The maximum absolute atomic E-state index is 7.07. The van der Waals surface area contributed by atoms with Gasteiger partial charge >= 0.3 is 0 Å². The summed E-state index contributed by atoms with van der Waals surface area (Å²) >= 11 is 1.93. The van der Waals surface area contributed by atoms with E-state index in [4.69, 9.17) is 8.83 Å². The van der Waals surface area contributed by atoms with E-state index in [1.54, 1.807) is 0 Å². The van der Waals surface area contributed by atoms with Crippen molar-refractivity contribution in [2.45, 2.75) is 77.6 Å². The number of hydrogen-bond donors (Lipinski definition) is 1. The molecular formula is C68H55BN2O2S. The molecule has 0 bridgehead atoms. The van der Waals surface area contributed by atoms with Crippen molar-refractivity contribution >= 4 is 116 Å². The first-order valence-corrected chi connectivity index (χ1v) is 27.1. The third kappa shape index (κ3) is 6.46. The van der Waals surface area contributed by atoms with Crippen molar-refractivity contribution in [3.63, 3.8) is 0 Å². The van der Waals surface area contributed by atoms with E-state index >= 15 is 0 Å². The molecule has 2 aliphatic rings. The van der Waals surface area contributed by atoms with E-state index in [0.717, 1.165) is 79.5 Å². The van der Waals surface area contributed by atoms with Gasteiger partial charge in [-0.1, -0.05) is 157 Å². The Morgan fingerprint density at radius 1 is 0.541 bits per heavy atom. The Labute approximate surface area is 435 Å². The molecule has 1 aliphatic carbocycles. The number of benzene rings is 9. The van der Waals surface area contributed by atoms with Gasteiger partial charge in [0.15, 0.2) is 7.28 Å². The Morgan fingerprint density at radius 2 is 1.22 bits per heavy atom. The van der Waals surface area contributed by atoms with Gasteiger partial charge in [0.25, 0.3) is 0 Å². The first kappa shape index (κ1) is 43.8. The predicted octanol–water partition coefficient (Wildman–Crippen LogP) is 17.9. The second kappa shape index (κ2) is 15.4. The Hall–Kier alpha value is -7.80. The quantitative estimate of drug-likeness (QED) is 0.175. The summed E-state index contributed by atoms with van der Waals surface area (Å²) in [5.74, 6) is 0.884. The van der Waals surface area contributed by atoms with Crippen molar-refractivity contribution in [1.82, 2.24) is 4.57 Å². The van der Waals surface area contributed by atoms with Gasteiger partial charge in [-0.05, 0) is 123 Å². The zero-order valence-electron chi connectivity index (χ0n) is 43.0. The standard InChI is InChI=1S/C68H55BN2O2S/c1-66(2,3)40-22-24-41(25-23-40)70-54-36-61-48(49-32-51-52(34-60(49)74-61)68(6,7)29-28-67(51,4)5)30-45(54)43-26-27-44-46-31-47-42-20-14-15-21-57(42)72-59(47)37-55(46)71-56-33-50-58(35-53(56)69-63(43)64(44)71)73-65(39-18-12-9-13-19-39)62(50)38-16-10-8-11-17-38/h8-27,30-37,69-70H,28-29H2,1-7H3. The Kier molecular flexibility index (Phi) is 9.09. The number of fused-ring (bicyclic) bond motifs is 13. The van der Waals surface area contributed by atoms with Gasteiger partial charge in [0, 0.05) is 92.4 Å². The van der Waals surface area contributed by atoms with Gasteiger partial charge in [-0.25, -0.2) is 0 Å². The molecule has 15 rings (SSSR count). The van der Waals surface area contributed by atoms with Crippen molar-refractivity contribution in [2.24, 2.45) is 0 Å². The highest BCUT2D eigenvalue weighted by Crippen LogP contribution is 2.51. The molecule has 4 nitrogen and oxygen atoms in total. The molecule has 74 heavy (non-hydrogen) atoms. The number of hydrogen-bond acceptors (Lipinski definition) is 4. The lowest BCUT2D eigenvalue weighted by Crippen LogP contribution is -2.37. The van der Waals surface area contributed by atoms with E-state index < -0.39 is 0 Å². The molecule has 4 aromatic heterocycles. The molecule has 0 radical (unpaired) electrons. The molecule has 0 fully saturated rings. The van der Waals surface area contributed by atoms with E-state index in [-0.39, 0.29) is 16.2 Å². The number of nitrogens with zero attached hydrogens (tertiary/aromatic N) is 1. The van der Waals surface area contributed by atoms with Crippen LogP contribution >= 0.6 is 11.3 Å². The second-order valence-electron chi connectivity index (χ2n) is 23.6. The van der Waals surface area contributed by atoms with Crippen LogP contribution in [0.3, 0.4) is 0 Å². The van der Waals surface area contributed by atoms with Gasteiger partial charge in [-0.2, -0.15) is 0 Å². The van der Waals surface area contributed by atoms with Crippen molar-refractivity contribution < 1.29 is 8.83 Å². The molecule has 0 spiro atoms. The average Bonchev–Trinajstić information content (AvgIpc) is 4.15. The van der Waals surface area contributed by atoms with Gasteiger partial charge in [0.1, 0.15) is 22.5 Å². The summed E-state index contributed by atoms with van der Waals surface area (Å²) in [6, 6.07) is 63.1. The minimum Gasteiger partial charge on any atom is -0.456 e. The van der Waals surface area contributed by atoms with Crippen molar-refractivity contribution in [1.29, 1.82) is 0 Å². The fourth-order valence-corrected chi connectivity index (χ4v) is 14.0. The molecule has 0 unspecified atom stereocenters. The number of thiophene rings is 1. The SMILES string of the molecule is CC(C)(C)c1ccc(Nc2cc3sc4cc5c(cc4c3cc2-c2ccc3c4cc6c(cc4n4c3c2Bc2cc3oc(-c7ccccc7)c(-c7ccccc7)c3cc2-4)oc2ccccc26)C(C)(C)CCC5(C)C)cc1. The van der Waals surface area contributed by atoms with Crippen LogP contribution in [0.25, 0.3) is 114 Å². The molecule has 1 N–H and O–H groups in total.